The number of hydrogen-bond acceptors (Lipinski definition) is 2. The van der Waals surface area contributed by atoms with Gasteiger partial charge in [-0.15, -0.1) is 0 Å². The molecule has 2 heteroatoms. The van der Waals surface area contributed by atoms with E-state index < -0.39 is 0 Å². The van der Waals surface area contributed by atoms with Crippen molar-refractivity contribution in [3.63, 3.8) is 0 Å². The van der Waals surface area contributed by atoms with Crippen LogP contribution in [0.15, 0.2) is 21.8 Å². The molecule has 1 rings (SSSR count). The second-order valence-corrected chi connectivity index (χ2v) is 2.37. The Balaban J connectivity index is 2.92. The van der Waals surface area contributed by atoms with Gasteiger partial charge in [-0.1, -0.05) is 11.8 Å². The Kier molecular flexibility index (Phi) is 1.63. The molecule has 0 spiro atoms. The monoisotopic (exact) mass is 128 g/mol. The fourth-order valence-corrected chi connectivity index (χ4v) is 1.11. The molecule has 0 atom stereocenters. The predicted octanol–water partition coefficient (Wildman–Crippen LogP) is 2.31. The van der Waals surface area contributed by atoms with E-state index in [0.29, 0.717) is 0 Å². The van der Waals surface area contributed by atoms with Gasteiger partial charge < -0.3 is 4.42 Å². The summed E-state index contributed by atoms with van der Waals surface area (Å²) in [4.78, 5) is 0. The minimum absolute atomic E-state index is 1.02. The van der Waals surface area contributed by atoms with Crippen LogP contribution in [0.5, 0.6) is 0 Å². The average Bonchev–Trinajstić information content (AvgIpc) is 2.14. The van der Waals surface area contributed by atoms with Gasteiger partial charge in [0.2, 0.25) is 0 Å². The van der Waals surface area contributed by atoms with Crippen LogP contribution in [0.2, 0.25) is 0 Å². The Bertz CT molecular complexity index is 169. The van der Waals surface area contributed by atoms with E-state index in [1.807, 2.05) is 19.2 Å². The fraction of sp³-hybridized carbons (Fsp3) is 0.333. The van der Waals surface area contributed by atoms with Gasteiger partial charge in [0, 0.05) is 5.56 Å². The van der Waals surface area contributed by atoms with Crippen LogP contribution in [0.4, 0.5) is 0 Å². The number of thioether (sulfide) groups is 1. The first-order chi connectivity index (χ1) is 3.84. The molecule has 1 heterocycles. The van der Waals surface area contributed by atoms with Crippen LogP contribution in [0.1, 0.15) is 5.56 Å². The van der Waals surface area contributed by atoms with Crippen LogP contribution >= 0.6 is 11.8 Å². The summed E-state index contributed by atoms with van der Waals surface area (Å²) in [6.07, 6.45) is 3.72. The molecule has 0 bridgehead atoms. The van der Waals surface area contributed by atoms with Gasteiger partial charge in [-0.3, -0.25) is 0 Å². The maximum absolute atomic E-state index is 5.08. The van der Waals surface area contributed by atoms with Gasteiger partial charge in [0.1, 0.15) is 0 Å². The Hall–Kier alpha value is -0.370. The predicted molar refractivity (Wildman–Crippen MR) is 35.2 cm³/mol. The molecular formula is C6H8OS. The van der Waals surface area contributed by atoms with Gasteiger partial charge >= 0.3 is 0 Å². The highest BCUT2D eigenvalue weighted by atomic mass is 32.2. The Morgan fingerprint density at radius 1 is 1.62 bits per heavy atom. The van der Waals surface area contributed by atoms with E-state index in [-0.39, 0.29) is 0 Å². The largest absolute Gasteiger partial charge is 0.458 e. The van der Waals surface area contributed by atoms with Gasteiger partial charge in [-0.05, 0) is 19.2 Å². The zero-order valence-electron chi connectivity index (χ0n) is 4.97. The van der Waals surface area contributed by atoms with Crippen molar-refractivity contribution in [2.75, 3.05) is 6.26 Å². The lowest BCUT2D eigenvalue weighted by Gasteiger charge is -1.86. The first-order valence-corrected chi connectivity index (χ1v) is 3.65. The zero-order valence-corrected chi connectivity index (χ0v) is 5.79. The molecule has 44 valence electrons. The minimum Gasteiger partial charge on any atom is -0.458 e. The maximum Gasteiger partial charge on any atom is 0.162 e. The third-order valence-electron chi connectivity index (χ3n) is 1.00. The molecule has 0 aliphatic carbocycles. The number of rotatable bonds is 1. The SMILES string of the molecule is CSc1occc1C. The molecule has 0 N–H and O–H groups in total. The molecule has 0 amide bonds. The summed E-state index contributed by atoms with van der Waals surface area (Å²) in [6, 6.07) is 1.96. The molecule has 0 fully saturated rings. The van der Waals surface area contributed by atoms with Gasteiger partial charge in [0.15, 0.2) is 5.09 Å². The van der Waals surface area contributed by atoms with Crippen LogP contribution < -0.4 is 0 Å². The zero-order chi connectivity index (χ0) is 5.98. The van der Waals surface area contributed by atoms with Gasteiger partial charge in [0.25, 0.3) is 0 Å². The van der Waals surface area contributed by atoms with Crippen molar-refractivity contribution >= 4 is 11.8 Å². The van der Waals surface area contributed by atoms with Crippen LogP contribution in [0, 0.1) is 6.92 Å². The summed E-state index contributed by atoms with van der Waals surface area (Å²) in [5.74, 6) is 0. The Labute approximate surface area is 53.1 Å². The van der Waals surface area contributed by atoms with E-state index in [4.69, 9.17) is 4.42 Å². The third-order valence-corrected chi connectivity index (χ3v) is 1.79. The lowest BCUT2D eigenvalue weighted by atomic mass is 10.4. The van der Waals surface area contributed by atoms with Crippen molar-refractivity contribution in [3.05, 3.63) is 17.9 Å². The lowest BCUT2D eigenvalue weighted by molar-refractivity contribution is 0.471. The normalized spacial score (nSPS) is 9.75. The van der Waals surface area contributed by atoms with Crippen molar-refractivity contribution in [2.24, 2.45) is 0 Å². The summed E-state index contributed by atoms with van der Waals surface area (Å²) in [7, 11) is 0. The first-order valence-electron chi connectivity index (χ1n) is 2.42. The summed E-state index contributed by atoms with van der Waals surface area (Å²) in [6.45, 7) is 2.04. The highest BCUT2D eigenvalue weighted by Gasteiger charge is 1.95. The number of hydrogen-bond donors (Lipinski definition) is 0. The summed E-state index contributed by atoms with van der Waals surface area (Å²) >= 11 is 1.64. The quantitative estimate of drug-likeness (QED) is 0.538. The summed E-state index contributed by atoms with van der Waals surface area (Å²) < 4.78 is 5.08. The van der Waals surface area contributed by atoms with Crippen molar-refractivity contribution in [1.29, 1.82) is 0 Å². The van der Waals surface area contributed by atoms with Crippen LogP contribution in [0.25, 0.3) is 0 Å². The Morgan fingerprint density at radius 2 is 2.38 bits per heavy atom. The molecule has 0 aliphatic rings. The van der Waals surface area contributed by atoms with E-state index >= 15 is 0 Å². The number of aryl methyl sites for hydroxylation is 1. The first kappa shape index (κ1) is 5.76. The molecule has 0 unspecified atom stereocenters. The van der Waals surface area contributed by atoms with Crippen LogP contribution in [-0.2, 0) is 0 Å². The molecule has 0 aromatic carbocycles. The highest BCUT2D eigenvalue weighted by Crippen LogP contribution is 2.19. The number of furan rings is 1. The Morgan fingerprint density at radius 3 is 2.62 bits per heavy atom. The van der Waals surface area contributed by atoms with E-state index in [2.05, 4.69) is 0 Å². The molecular weight excluding hydrogens is 120 g/mol. The van der Waals surface area contributed by atoms with Gasteiger partial charge in [-0.25, -0.2) is 0 Å². The molecule has 0 aliphatic heterocycles. The smallest absolute Gasteiger partial charge is 0.162 e. The molecule has 8 heavy (non-hydrogen) atoms. The van der Waals surface area contributed by atoms with E-state index in [9.17, 15) is 0 Å². The average molecular weight is 128 g/mol. The van der Waals surface area contributed by atoms with E-state index in [1.54, 1.807) is 18.0 Å². The highest BCUT2D eigenvalue weighted by molar-refractivity contribution is 7.98. The molecule has 1 aromatic rings. The molecule has 0 saturated carbocycles. The topological polar surface area (TPSA) is 13.1 Å². The van der Waals surface area contributed by atoms with E-state index in [1.165, 1.54) is 5.56 Å². The third kappa shape index (κ3) is 0.892. The fourth-order valence-electron chi connectivity index (χ4n) is 0.568. The standard InChI is InChI=1S/C6H8OS/c1-5-3-4-7-6(5)8-2/h3-4H,1-2H3. The summed E-state index contributed by atoms with van der Waals surface area (Å²) in [5, 5.41) is 1.02. The minimum atomic E-state index is 1.02. The van der Waals surface area contributed by atoms with Crippen molar-refractivity contribution in [3.8, 4) is 0 Å². The second kappa shape index (κ2) is 2.27. The van der Waals surface area contributed by atoms with Crippen molar-refractivity contribution in [1.82, 2.24) is 0 Å². The molecule has 0 radical (unpaired) electrons. The maximum atomic E-state index is 5.08. The van der Waals surface area contributed by atoms with Crippen LogP contribution in [0.3, 0.4) is 0 Å². The van der Waals surface area contributed by atoms with Crippen molar-refractivity contribution < 1.29 is 4.42 Å². The molecule has 0 saturated heterocycles. The van der Waals surface area contributed by atoms with Crippen molar-refractivity contribution in [2.45, 2.75) is 12.0 Å². The summed E-state index contributed by atoms with van der Waals surface area (Å²) in [5.41, 5.74) is 1.22. The van der Waals surface area contributed by atoms with Crippen LogP contribution in [-0.4, -0.2) is 6.26 Å². The van der Waals surface area contributed by atoms with Gasteiger partial charge in [-0.2, -0.15) is 0 Å². The van der Waals surface area contributed by atoms with E-state index in [0.717, 1.165) is 5.09 Å². The molecule has 1 nitrogen and oxygen atoms in total. The molecule has 1 aromatic heterocycles. The lowest BCUT2D eigenvalue weighted by Crippen LogP contribution is -1.63. The van der Waals surface area contributed by atoms with Gasteiger partial charge in [0.05, 0.1) is 6.26 Å². The second-order valence-electron chi connectivity index (χ2n) is 1.60.